The Morgan fingerprint density at radius 2 is 1.38 bits per heavy atom. The molecule has 6 heteroatoms. The molecule has 0 atom stereocenters. The Morgan fingerprint density at radius 3 is 1.75 bits per heavy atom. The van der Waals surface area contributed by atoms with Crippen LogP contribution in [0.5, 0.6) is 0 Å². The zero-order valence-electron chi connectivity index (χ0n) is 12.7. The van der Waals surface area contributed by atoms with Crippen LogP contribution in [0.1, 0.15) is 12.8 Å². The van der Waals surface area contributed by atoms with Gasteiger partial charge >= 0.3 is 6.18 Å². The SMILES string of the molecule is O=C(CC/C(=C/O)C(F)(F)F)N(c1ccccc1)c1ccccc1. The predicted molar refractivity (Wildman–Crippen MR) is 86.0 cm³/mol. The molecule has 2 rings (SSSR count). The normalized spacial score (nSPS) is 12.0. The summed E-state index contributed by atoms with van der Waals surface area (Å²) in [5.74, 6) is -0.490. The number of carbonyl (C=O) groups is 1. The Hall–Kier alpha value is -2.76. The lowest BCUT2D eigenvalue weighted by Crippen LogP contribution is -2.26. The van der Waals surface area contributed by atoms with E-state index in [2.05, 4.69) is 0 Å². The number of para-hydroxylation sites is 2. The molecule has 0 bridgehead atoms. The molecule has 0 heterocycles. The van der Waals surface area contributed by atoms with E-state index in [1.54, 1.807) is 60.7 Å². The van der Waals surface area contributed by atoms with Gasteiger partial charge in [-0.2, -0.15) is 13.2 Å². The molecule has 0 aromatic heterocycles. The number of rotatable bonds is 5. The monoisotopic (exact) mass is 335 g/mol. The minimum Gasteiger partial charge on any atom is -0.515 e. The van der Waals surface area contributed by atoms with Crippen LogP contribution in [-0.4, -0.2) is 17.2 Å². The van der Waals surface area contributed by atoms with E-state index in [0.717, 1.165) is 0 Å². The number of halogens is 3. The van der Waals surface area contributed by atoms with Crippen molar-refractivity contribution in [2.45, 2.75) is 19.0 Å². The van der Waals surface area contributed by atoms with Gasteiger partial charge in [-0.15, -0.1) is 0 Å². The molecule has 0 fully saturated rings. The highest BCUT2D eigenvalue weighted by atomic mass is 19.4. The number of hydrogen-bond acceptors (Lipinski definition) is 2. The van der Waals surface area contributed by atoms with Gasteiger partial charge in [-0.3, -0.25) is 9.69 Å². The largest absolute Gasteiger partial charge is 0.515 e. The maximum Gasteiger partial charge on any atom is 0.415 e. The highest BCUT2D eigenvalue weighted by Gasteiger charge is 2.34. The summed E-state index contributed by atoms with van der Waals surface area (Å²) in [6, 6.07) is 17.4. The van der Waals surface area contributed by atoms with Crippen LogP contribution in [0.4, 0.5) is 24.5 Å². The van der Waals surface area contributed by atoms with Gasteiger partial charge in [0.2, 0.25) is 5.91 Å². The molecule has 1 amide bonds. The van der Waals surface area contributed by atoms with Crippen molar-refractivity contribution in [2.75, 3.05) is 4.90 Å². The third-order valence-corrected chi connectivity index (χ3v) is 3.41. The van der Waals surface area contributed by atoms with Crippen molar-refractivity contribution in [3.8, 4) is 0 Å². The lowest BCUT2D eigenvalue weighted by molar-refractivity contribution is -0.118. The third-order valence-electron chi connectivity index (χ3n) is 3.41. The first kappa shape index (κ1) is 17.6. The van der Waals surface area contributed by atoms with Crippen LogP contribution in [-0.2, 0) is 4.79 Å². The standard InChI is InChI=1S/C18H16F3NO2/c19-18(20,21)14(13-23)11-12-17(24)22(15-7-3-1-4-8-15)16-9-5-2-6-10-16/h1-10,13,23H,11-12H2/b14-13-. The molecule has 0 aliphatic carbocycles. The third kappa shape index (κ3) is 4.38. The second-order valence-electron chi connectivity index (χ2n) is 5.05. The fourth-order valence-electron chi connectivity index (χ4n) is 2.22. The average molecular weight is 335 g/mol. The Bertz CT molecular complexity index is 658. The van der Waals surface area contributed by atoms with Gasteiger partial charge in [0.1, 0.15) is 0 Å². The molecule has 0 aliphatic rings. The van der Waals surface area contributed by atoms with E-state index >= 15 is 0 Å². The highest BCUT2D eigenvalue weighted by Crippen LogP contribution is 2.31. The van der Waals surface area contributed by atoms with Crippen molar-refractivity contribution < 1.29 is 23.1 Å². The highest BCUT2D eigenvalue weighted by molar-refractivity contribution is 6.00. The van der Waals surface area contributed by atoms with Crippen molar-refractivity contribution in [3.63, 3.8) is 0 Å². The maximum absolute atomic E-state index is 12.7. The van der Waals surface area contributed by atoms with Crippen LogP contribution in [0, 0.1) is 0 Å². The molecule has 0 spiro atoms. The molecule has 2 aromatic rings. The summed E-state index contributed by atoms with van der Waals surface area (Å²) in [7, 11) is 0. The van der Waals surface area contributed by atoms with Crippen LogP contribution >= 0.6 is 0 Å². The predicted octanol–water partition coefficient (Wildman–Crippen LogP) is 5.14. The summed E-state index contributed by atoms with van der Waals surface area (Å²) in [5.41, 5.74) is 0.00222. The number of amides is 1. The molecule has 0 unspecified atom stereocenters. The second-order valence-corrected chi connectivity index (χ2v) is 5.05. The van der Waals surface area contributed by atoms with Gasteiger partial charge < -0.3 is 5.11 Å². The summed E-state index contributed by atoms with van der Waals surface area (Å²) in [4.78, 5) is 13.9. The minimum atomic E-state index is -4.65. The number of aliphatic hydroxyl groups excluding tert-OH is 1. The van der Waals surface area contributed by atoms with Crippen LogP contribution in [0.25, 0.3) is 0 Å². The molecule has 2 aromatic carbocycles. The number of carbonyl (C=O) groups excluding carboxylic acids is 1. The minimum absolute atomic E-state index is 0.0165. The van der Waals surface area contributed by atoms with E-state index in [0.29, 0.717) is 11.4 Å². The van der Waals surface area contributed by atoms with Crippen molar-refractivity contribution in [1.29, 1.82) is 0 Å². The Labute approximate surface area is 137 Å². The van der Waals surface area contributed by atoms with E-state index < -0.39 is 24.1 Å². The van der Waals surface area contributed by atoms with Crippen molar-refractivity contribution >= 4 is 17.3 Å². The first-order chi connectivity index (χ1) is 11.4. The number of anilines is 2. The number of hydrogen-bond donors (Lipinski definition) is 1. The van der Waals surface area contributed by atoms with E-state index in [4.69, 9.17) is 5.11 Å². The summed E-state index contributed by atoms with van der Waals surface area (Å²) < 4.78 is 38.0. The van der Waals surface area contributed by atoms with Gasteiger partial charge in [0.05, 0.1) is 11.8 Å². The van der Waals surface area contributed by atoms with Crippen LogP contribution < -0.4 is 4.90 Å². The Kier molecular flexibility index (Phi) is 5.63. The Morgan fingerprint density at radius 1 is 0.917 bits per heavy atom. The average Bonchev–Trinajstić information content (AvgIpc) is 2.56. The van der Waals surface area contributed by atoms with E-state index in [1.165, 1.54) is 4.90 Å². The smallest absolute Gasteiger partial charge is 0.415 e. The summed E-state index contributed by atoms with van der Waals surface area (Å²) >= 11 is 0. The molecule has 0 saturated heterocycles. The summed E-state index contributed by atoms with van der Waals surface area (Å²) in [5, 5.41) is 8.74. The molecule has 126 valence electrons. The second kappa shape index (κ2) is 7.68. The molecule has 3 nitrogen and oxygen atoms in total. The van der Waals surface area contributed by atoms with E-state index in [1.807, 2.05) is 0 Å². The molecule has 0 aliphatic heterocycles. The topological polar surface area (TPSA) is 40.5 Å². The van der Waals surface area contributed by atoms with Gasteiger partial charge in [0, 0.05) is 17.8 Å². The molecule has 24 heavy (non-hydrogen) atoms. The molecule has 0 radical (unpaired) electrons. The van der Waals surface area contributed by atoms with Crippen LogP contribution in [0.2, 0.25) is 0 Å². The summed E-state index contributed by atoms with van der Waals surface area (Å²) in [6.07, 6.45) is -5.60. The molecular weight excluding hydrogens is 319 g/mol. The number of aliphatic hydroxyl groups is 1. The van der Waals surface area contributed by atoms with Gasteiger partial charge in [0.25, 0.3) is 0 Å². The quantitative estimate of drug-likeness (QED) is 0.769. The van der Waals surface area contributed by atoms with E-state index in [9.17, 15) is 18.0 Å². The van der Waals surface area contributed by atoms with Crippen LogP contribution in [0.15, 0.2) is 72.5 Å². The van der Waals surface area contributed by atoms with Crippen molar-refractivity contribution in [1.82, 2.24) is 0 Å². The van der Waals surface area contributed by atoms with Gasteiger partial charge in [-0.1, -0.05) is 36.4 Å². The first-order valence-electron chi connectivity index (χ1n) is 7.27. The lowest BCUT2D eigenvalue weighted by atomic mass is 10.1. The first-order valence-corrected chi connectivity index (χ1v) is 7.27. The van der Waals surface area contributed by atoms with Crippen molar-refractivity contribution in [3.05, 3.63) is 72.5 Å². The molecule has 0 saturated carbocycles. The van der Waals surface area contributed by atoms with Crippen molar-refractivity contribution in [2.24, 2.45) is 0 Å². The lowest BCUT2D eigenvalue weighted by Gasteiger charge is -2.23. The Balaban J connectivity index is 2.24. The zero-order chi connectivity index (χ0) is 17.6. The molecule has 1 N–H and O–H groups in total. The summed E-state index contributed by atoms with van der Waals surface area (Å²) in [6.45, 7) is 0. The number of nitrogens with zero attached hydrogens (tertiary/aromatic N) is 1. The molecular formula is C18H16F3NO2. The number of allylic oxidation sites excluding steroid dienone is 1. The van der Waals surface area contributed by atoms with Gasteiger partial charge in [0.15, 0.2) is 0 Å². The van der Waals surface area contributed by atoms with E-state index in [-0.39, 0.29) is 12.7 Å². The van der Waals surface area contributed by atoms with Gasteiger partial charge in [-0.25, -0.2) is 0 Å². The zero-order valence-corrected chi connectivity index (χ0v) is 12.7. The number of benzene rings is 2. The van der Waals surface area contributed by atoms with Crippen LogP contribution in [0.3, 0.4) is 0 Å². The fourth-order valence-corrected chi connectivity index (χ4v) is 2.22. The fraction of sp³-hybridized carbons (Fsp3) is 0.167. The number of alkyl halides is 3. The maximum atomic E-state index is 12.7. The van der Waals surface area contributed by atoms with Gasteiger partial charge in [-0.05, 0) is 30.7 Å².